The summed E-state index contributed by atoms with van der Waals surface area (Å²) >= 11 is 3.28. The molecule has 2 heterocycles. The summed E-state index contributed by atoms with van der Waals surface area (Å²) in [7, 11) is 1.62. The Morgan fingerprint density at radius 1 is 1.43 bits per heavy atom. The fourth-order valence-electron chi connectivity index (χ4n) is 1.10. The lowest BCUT2D eigenvalue weighted by Crippen LogP contribution is -1.92. The summed E-state index contributed by atoms with van der Waals surface area (Å²) in [6.45, 7) is 0. The molecule has 0 atom stereocenters. The topological polar surface area (TPSA) is 39.9 Å². The maximum atomic E-state index is 5.08. The minimum absolute atomic E-state index is 0.729. The maximum absolute atomic E-state index is 5.08. The molecule has 0 unspecified atom stereocenters. The van der Waals surface area contributed by atoms with Crippen LogP contribution in [0.4, 0.5) is 0 Å². The van der Waals surface area contributed by atoms with Crippen molar-refractivity contribution in [2.45, 2.75) is 0 Å². The Morgan fingerprint density at radius 2 is 2.29 bits per heavy atom. The highest BCUT2D eigenvalue weighted by Gasteiger charge is 2.00. The summed E-state index contributed by atoms with van der Waals surface area (Å²) in [4.78, 5) is 8.11. The number of aromatic nitrogens is 3. The van der Waals surface area contributed by atoms with Gasteiger partial charge in [-0.15, -0.1) is 0 Å². The number of imidazole rings is 1. The highest BCUT2D eigenvalue weighted by atomic mass is 79.9. The molecule has 2 aromatic rings. The van der Waals surface area contributed by atoms with Crippen molar-refractivity contribution in [3.63, 3.8) is 0 Å². The first-order chi connectivity index (χ1) is 6.79. The molecule has 0 fully saturated rings. The van der Waals surface area contributed by atoms with E-state index in [0.717, 1.165) is 16.0 Å². The summed E-state index contributed by atoms with van der Waals surface area (Å²) < 4.78 is 7.73. The molecule has 4 nitrogen and oxygen atoms in total. The largest absolute Gasteiger partial charge is 0.495 e. The van der Waals surface area contributed by atoms with Crippen LogP contribution < -0.4 is 4.74 Å². The second kappa shape index (κ2) is 3.79. The van der Waals surface area contributed by atoms with Crippen molar-refractivity contribution in [3.8, 4) is 11.4 Å². The zero-order chi connectivity index (χ0) is 9.97. The van der Waals surface area contributed by atoms with Crippen LogP contribution in [0.3, 0.4) is 0 Å². The van der Waals surface area contributed by atoms with Crippen molar-refractivity contribution >= 4 is 15.9 Å². The summed E-state index contributed by atoms with van der Waals surface area (Å²) in [5.74, 6) is 0.729. The predicted molar refractivity (Wildman–Crippen MR) is 55.6 cm³/mol. The minimum atomic E-state index is 0.729. The van der Waals surface area contributed by atoms with E-state index in [1.165, 1.54) is 0 Å². The Morgan fingerprint density at radius 3 is 2.93 bits per heavy atom. The van der Waals surface area contributed by atoms with E-state index in [4.69, 9.17) is 4.74 Å². The molecular weight excluding hydrogens is 246 g/mol. The van der Waals surface area contributed by atoms with E-state index in [2.05, 4.69) is 25.9 Å². The van der Waals surface area contributed by atoms with Gasteiger partial charge in [-0.3, -0.25) is 4.98 Å². The SMILES string of the molecule is COc1cncc(-n2cnc(Br)c2)c1. The van der Waals surface area contributed by atoms with E-state index in [-0.39, 0.29) is 0 Å². The van der Waals surface area contributed by atoms with Crippen LogP contribution in [0.1, 0.15) is 0 Å². The monoisotopic (exact) mass is 253 g/mol. The number of hydrogen-bond acceptors (Lipinski definition) is 3. The van der Waals surface area contributed by atoms with Crippen molar-refractivity contribution in [2.24, 2.45) is 0 Å². The lowest BCUT2D eigenvalue weighted by atomic mass is 10.4. The lowest BCUT2D eigenvalue weighted by Gasteiger charge is -2.03. The zero-order valence-corrected chi connectivity index (χ0v) is 9.10. The summed E-state index contributed by atoms with van der Waals surface area (Å²) in [5, 5.41) is 0. The van der Waals surface area contributed by atoms with Crippen LogP contribution >= 0.6 is 15.9 Å². The average molecular weight is 254 g/mol. The zero-order valence-electron chi connectivity index (χ0n) is 7.51. The highest BCUT2D eigenvalue weighted by molar-refractivity contribution is 9.10. The maximum Gasteiger partial charge on any atom is 0.139 e. The van der Waals surface area contributed by atoms with Gasteiger partial charge in [0.25, 0.3) is 0 Å². The number of nitrogens with zero attached hydrogens (tertiary/aromatic N) is 3. The summed E-state index contributed by atoms with van der Waals surface area (Å²) in [6.07, 6.45) is 6.98. The Kier molecular flexibility index (Phi) is 2.49. The third-order valence-electron chi connectivity index (χ3n) is 1.78. The Bertz CT molecular complexity index is 441. The first-order valence-electron chi connectivity index (χ1n) is 3.98. The highest BCUT2D eigenvalue weighted by Crippen LogP contribution is 2.15. The molecule has 2 aromatic heterocycles. The molecule has 0 saturated heterocycles. The van der Waals surface area contributed by atoms with E-state index in [1.807, 2.05) is 16.8 Å². The van der Waals surface area contributed by atoms with Crippen molar-refractivity contribution in [1.29, 1.82) is 0 Å². The second-order valence-electron chi connectivity index (χ2n) is 2.69. The first-order valence-corrected chi connectivity index (χ1v) is 4.78. The Balaban J connectivity index is 2.41. The van der Waals surface area contributed by atoms with E-state index >= 15 is 0 Å². The molecule has 0 aliphatic rings. The van der Waals surface area contributed by atoms with E-state index < -0.39 is 0 Å². The second-order valence-corrected chi connectivity index (χ2v) is 3.50. The third-order valence-corrected chi connectivity index (χ3v) is 2.19. The van der Waals surface area contributed by atoms with Crippen LogP contribution in [0.2, 0.25) is 0 Å². The lowest BCUT2D eigenvalue weighted by molar-refractivity contribution is 0.412. The quantitative estimate of drug-likeness (QED) is 0.823. The van der Waals surface area contributed by atoms with Crippen LogP contribution in [-0.2, 0) is 0 Å². The van der Waals surface area contributed by atoms with Crippen LogP contribution in [0, 0.1) is 0 Å². The Hall–Kier alpha value is -1.36. The van der Waals surface area contributed by atoms with Gasteiger partial charge in [-0.05, 0) is 15.9 Å². The molecule has 14 heavy (non-hydrogen) atoms. The summed E-state index contributed by atoms with van der Waals surface area (Å²) in [6, 6.07) is 1.89. The van der Waals surface area contributed by atoms with Crippen LogP contribution in [0.25, 0.3) is 5.69 Å². The van der Waals surface area contributed by atoms with Crippen molar-refractivity contribution in [3.05, 3.63) is 35.6 Å². The van der Waals surface area contributed by atoms with Gasteiger partial charge in [-0.1, -0.05) is 0 Å². The van der Waals surface area contributed by atoms with Crippen molar-refractivity contribution in [1.82, 2.24) is 14.5 Å². The van der Waals surface area contributed by atoms with E-state index in [1.54, 1.807) is 25.8 Å². The van der Waals surface area contributed by atoms with Gasteiger partial charge < -0.3 is 9.30 Å². The molecule has 0 radical (unpaired) electrons. The number of ether oxygens (including phenoxy) is 1. The summed E-state index contributed by atoms with van der Waals surface area (Å²) in [5.41, 5.74) is 0.919. The van der Waals surface area contributed by atoms with Gasteiger partial charge in [-0.2, -0.15) is 0 Å². The van der Waals surface area contributed by atoms with Crippen molar-refractivity contribution in [2.75, 3.05) is 7.11 Å². The number of pyridine rings is 1. The number of methoxy groups -OCH3 is 1. The molecule has 72 valence electrons. The molecule has 0 spiro atoms. The Labute approximate surface area is 89.7 Å². The third kappa shape index (κ3) is 1.77. The van der Waals surface area contributed by atoms with E-state index in [0.29, 0.717) is 0 Å². The smallest absolute Gasteiger partial charge is 0.139 e. The number of hydrogen-bond donors (Lipinski definition) is 0. The standard InChI is InChI=1S/C9H8BrN3O/c1-14-8-2-7(3-11-4-8)13-5-9(10)12-6-13/h2-6H,1H3. The number of rotatable bonds is 2. The van der Waals surface area contributed by atoms with Crippen molar-refractivity contribution < 1.29 is 4.74 Å². The van der Waals surface area contributed by atoms with Gasteiger partial charge in [0.05, 0.1) is 25.2 Å². The minimum Gasteiger partial charge on any atom is -0.495 e. The predicted octanol–water partition coefficient (Wildman–Crippen LogP) is 2.04. The molecular formula is C9H8BrN3O. The normalized spacial score (nSPS) is 10.1. The van der Waals surface area contributed by atoms with Gasteiger partial charge in [0.15, 0.2) is 0 Å². The molecule has 0 aliphatic heterocycles. The molecule has 5 heteroatoms. The number of halogens is 1. The van der Waals surface area contributed by atoms with E-state index in [9.17, 15) is 0 Å². The molecule has 0 bridgehead atoms. The average Bonchev–Trinajstić information content (AvgIpc) is 2.65. The van der Waals surface area contributed by atoms with Gasteiger partial charge in [0.2, 0.25) is 0 Å². The molecule has 0 saturated carbocycles. The molecule has 2 rings (SSSR count). The van der Waals surface area contributed by atoms with Crippen LogP contribution in [0.5, 0.6) is 5.75 Å². The van der Waals surface area contributed by atoms with Crippen LogP contribution in [0.15, 0.2) is 35.6 Å². The van der Waals surface area contributed by atoms with Gasteiger partial charge in [-0.25, -0.2) is 4.98 Å². The van der Waals surface area contributed by atoms with Crippen LogP contribution in [-0.4, -0.2) is 21.6 Å². The van der Waals surface area contributed by atoms with Gasteiger partial charge >= 0.3 is 0 Å². The fourth-order valence-corrected chi connectivity index (χ4v) is 1.41. The first kappa shape index (κ1) is 9.21. The fraction of sp³-hybridized carbons (Fsp3) is 0.111. The van der Waals surface area contributed by atoms with Gasteiger partial charge in [0, 0.05) is 12.3 Å². The molecule has 0 N–H and O–H groups in total. The van der Waals surface area contributed by atoms with Gasteiger partial charge in [0.1, 0.15) is 16.7 Å². The molecule has 0 aliphatic carbocycles. The molecule has 0 amide bonds. The molecule has 0 aromatic carbocycles.